The molecule has 1 heterocycles. The summed E-state index contributed by atoms with van der Waals surface area (Å²) >= 11 is 0. The lowest BCUT2D eigenvalue weighted by atomic mass is 9.82. The second kappa shape index (κ2) is 12.0. The van der Waals surface area contributed by atoms with Crippen LogP contribution in [-0.2, 0) is 10.8 Å². The number of hydrogen-bond donors (Lipinski definition) is 0. The monoisotopic (exact) mass is 693 g/mol. The van der Waals surface area contributed by atoms with E-state index >= 15 is 0 Å². The lowest BCUT2D eigenvalue weighted by Gasteiger charge is -2.22. The van der Waals surface area contributed by atoms with Crippen molar-refractivity contribution in [3.05, 3.63) is 186 Å². The molecule has 0 saturated carbocycles. The molecule has 0 spiro atoms. The molecule has 3 nitrogen and oxygen atoms in total. The Morgan fingerprint density at radius 3 is 1.04 bits per heavy atom. The van der Waals surface area contributed by atoms with Gasteiger partial charge in [-0.1, -0.05) is 179 Å². The molecule has 0 unspecified atom stereocenters. The molecule has 8 aromatic rings. The number of benzene rings is 7. The van der Waals surface area contributed by atoms with Crippen molar-refractivity contribution in [2.45, 2.75) is 38.5 Å². The summed E-state index contributed by atoms with van der Waals surface area (Å²) in [6, 6.07) is 58.8. The first-order valence-electron chi connectivity index (χ1n) is 18.8. The van der Waals surface area contributed by atoms with Gasteiger partial charge in [-0.15, -0.1) is 0 Å². The standard InChI is InChI=1S/C51H39N3/c1-50(2)43-16-10-8-14-39(43)41-28-26-37(30-45(41)50)48-52-47(36-24-22-35(23-25-36)34-20-18-33(19-21-34)32-12-6-5-7-13-32)53-49(54-48)38-27-29-42-40-15-9-11-17-44(40)51(3,4)46(42)31-38/h5-31H,1-4H3. The van der Waals surface area contributed by atoms with Gasteiger partial charge in [-0.3, -0.25) is 0 Å². The van der Waals surface area contributed by atoms with Gasteiger partial charge in [-0.2, -0.15) is 0 Å². The second-order valence-corrected chi connectivity index (χ2v) is 15.7. The van der Waals surface area contributed by atoms with Crippen molar-refractivity contribution < 1.29 is 0 Å². The molecule has 0 bridgehead atoms. The van der Waals surface area contributed by atoms with E-state index in [1.165, 1.54) is 61.2 Å². The van der Waals surface area contributed by atoms with Crippen molar-refractivity contribution in [3.8, 4) is 78.7 Å². The zero-order chi connectivity index (χ0) is 36.6. The summed E-state index contributed by atoms with van der Waals surface area (Å²) in [5, 5.41) is 0. The van der Waals surface area contributed by atoms with Crippen molar-refractivity contribution in [1.29, 1.82) is 0 Å². The molecule has 0 aliphatic heterocycles. The lowest BCUT2D eigenvalue weighted by Crippen LogP contribution is -2.15. The quantitative estimate of drug-likeness (QED) is 0.180. The third kappa shape index (κ3) is 5.07. The summed E-state index contributed by atoms with van der Waals surface area (Å²) in [7, 11) is 0. The van der Waals surface area contributed by atoms with Crippen LogP contribution in [-0.4, -0.2) is 15.0 Å². The Balaban J connectivity index is 1.07. The van der Waals surface area contributed by atoms with Gasteiger partial charge in [0.05, 0.1) is 0 Å². The van der Waals surface area contributed by atoms with E-state index in [1.807, 2.05) is 0 Å². The molecule has 0 N–H and O–H groups in total. The first-order valence-corrected chi connectivity index (χ1v) is 18.8. The molecular weight excluding hydrogens is 655 g/mol. The highest BCUT2D eigenvalue weighted by Crippen LogP contribution is 2.51. The first kappa shape index (κ1) is 32.2. The van der Waals surface area contributed by atoms with Gasteiger partial charge in [0.2, 0.25) is 0 Å². The van der Waals surface area contributed by atoms with Crippen molar-refractivity contribution in [3.63, 3.8) is 0 Å². The number of fused-ring (bicyclic) bond motifs is 6. The van der Waals surface area contributed by atoms with E-state index in [-0.39, 0.29) is 10.8 Å². The molecule has 2 aliphatic carbocycles. The molecule has 3 heteroatoms. The molecule has 1 aromatic heterocycles. The summed E-state index contributed by atoms with van der Waals surface area (Å²) in [6.45, 7) is 9.25. The van der Waals surface area contributed by atoms with E-state index in [4.69, 9.17) is 15.0 Å². The van der Waals surface area contributed by atoms with Crippen LogP contribution in [0.3, 0.4) is 0 Å². The van der Waals surface area contributed by atoms with Crippen LogP contribution in [0.1, 0.15) is 49.9 Å². The highest BCUT2D eigenvalue weighted by Gasteiger charge is 2.37. The predicted molar refractivity (Wildman–Crippen MR) is 222 cm³/mol. The topological polar surface area (TPSA) is 38.7 Å². The largest absolute Gasteiger partial charge is 0.208 e. The number of aromatic nitrogens is 3. The van der Waals surface area contributed by atoms with Crippen LogP contribution < -0.4 is 0 Å². The van der Waals surface area contributed by atoms with E-state index in [0.717, 1.165) is 22.3 Å². The van der Waals surface area contributed by atoms with Gasteiger partial charge in [-0.05, 0) is 78.9 Å². The Morgan fingerprint density at radius 1 is 0.278 bits per heavy atom. The Morgan fingerprint density at radius 2 is 0.593 bits per heavy atom. The molecule has 0 fully saturated rings. The highest BCUT2D eigenvalue weighted by molar-refractivity contribution is 5.85. The minimum atomic E-state index is -0.129. The normalized spacial score (nSPS) is 14.2. The van der Waals surface area contributed by atoms with Crippen LogP contribution >= 0.6 is 0 Å². The molecule has 2 aliphatic rings. The Labute approximate surface area is 317 Å². The summed E-state index contributed by atoms with van der Waals surface area (Å²) in [5.74, 6) is 2.01. The summed E-state index contributed by atoms with van der Waals surface area (Å²) < 4.78 is 0. The Bertz CT molecular complexity index is 2610. The van der Waals surface area contributed by atoms with Gasteiger partial charge in [-0.25, -0.2) is 15.0 Å². The average molecular weight is 694 g/mol. The maximum absolute atomic E-state index is 5.22. The fourth-order valence-corrected chi connectivity index (χ4v) is 8.75. The molecule has 0 saturated heterocycles. The van der Waals surface area contributed by atoms with Crippen LogP contribution in [0, 0.1) is 0 Å². The van der Waals surface area contributed by atoms with E-state index in [9.17, 15) is 0 Å². The van der Waals surface area contributed by atoms with E-state index in [1.54, 1.807) is 0 Å². The molecule has 0 radical (unpaired) electrons. The van der Waals surface area contributed by atoms with Gasteiger partial charge >= 0.3 is 0 Å². The van der Waals surface area contributed by atoms with Crippen molar-refractivity contribution in [1.82, 2.24) is 15.0 Å². The first-order chi connectivity index (χ1) is 26.3. The van der Waals surface area contributed by atoms with Gasteiger partial charge in [0.15, 0.2) is 17.5 Å². The van der Waals surface area contributed by atoms with E-state index in [2.05, 4.69) is 191 Å². The van der Waals surface area contributed by atoms with Crippen molar-refractivity contribution in [2.24, 2.45) is 0 Å². The minimum absolute atomic E-state index is 0.129. The van der Waals surface area contributed by atoms with Crippen molar-refractivity contribution in [2.75, 3.05) is 0 Å². The van der Waals surface area contributed by atoms with Gasteiger partial charge in [0.1, 0.15) is 0 Å². The average Bonchev–Trinajstić information content (AvgIpc) is 3.60. The van der Waals surface area contributed by atoms with E-state index in [0.29, 0.717) is 17.5 Å². The molecule has 7 aromatic carbocycles. The Hall–Kier alpha value is -6.45. The summed E-state index contributed by atoms with van der Waals surface area (Å²) in [5.41, 5.74) is 17.9. The molecule has 258 valence electrons. The van der Waals surface area contributed by atoms with E-state index < -0.39 is 0 Å². The predicted octanol–water partition coefficient (Wildman–Crippen LogP) is 12.8. The zero-order valence-electron chi connectivity index (χ0n) is 30.9. The summed E-state index contributed by atoms with van der Waals surface area (Å²) in [4.78, 5) is 15.6. The third-order valence-corrected chi connectivity index (χ3v) is 11.8. The second-order valence-electron chi connectivity index (χ2n) is 15.7. The Kier molecular flexibility index (Phi) is 7.19. The van der Waals surface area contributed by atoms with Gasteiger partial charge in [0.25, 0.3) is 0 Å². The smallest absolute Gasteiger partial charge is 0.164 e. The third-order valence-electron chi connectivity index (χ3n) is 11.8. The molecule has 54 heavy (non-hydrogen) atoms. The van der Waals surface area contributed by atoms with Gasteiger partial charge < -0.3 is 0 Å². The fraction of sp³-hybridized carbons (Fsp3) is 0.118. The molecular formula is C51H39N3. The number of nitrogens with zero attached hydrogens (tertiary/aromatic N) is 3. The number of hydrogen-bond acceptors (Lipinski definition) is 3. The minimum Gasteiger partial charge on any atom is -0.208 e. The fourth-order valence-electron chi connectivity index (χ4n) is 8.75. The highest BCUT2D eigenvalue weighted by atomic mass is 15.0. The molecule has 0 atom stereocenters. The van der Waals surface area contributed by atoms with Crippen LogP contribution in [0.25, 0.3) is 78.7 Å². The van der Waals surface area contributed by atoms with Crippen LogP contribution in [0.5, 0.6) is 0 Å². The number of rotatable bonds is 5. The molecule has 0 amide bonds. The SMILES string of the molecule is CC1(C)c2ccccc2-c2ccc(-c3nc(-c4ccc(-c5ccc(-c6ccccc6)cc5)cc4)nc(-c4ccc5c(c4)C(C)(C)c4ccccc4-5)n3)cc21. The van der Waals surface area contributed by atoms with Crippen LogP contribution in [0.2, 0.25) is 0 Å². The lowest BCUT2D eigenvalue weighted by molar-refractivity contribution is 0.660. The summed E-state index contributed by atoms with van der Waals surface area (Å²) in [6.07, 6.45) is 0. The van der Waals surface area contributed by atoms with Crippen molar-refractivity contribution >= 4 is 0 Å². The van der Waals surface area contributed by atoms with Crippen LogP contribution in [0.4, 0.5) is 0 Å². The van der Waals surface area contributed by atoms with Gasteiger partial charge in [0, 0.05) is 27.5 Å². The maximum Gasteiger partial charge on any atom is 0.164 e. The zero-order valence-corrected chi connectivity index (χ0v) is 30.9. The maximum atomic E-state index is 5.22. The van der Waals surface area contributed by atoms with Crippen LogP contribution in [0.15, 0.2) is 164 Å². The molecule has 10 rings (SSSR count).